The van der Waals surface area contributed by atoms with Gasteiger partial charge in [0, 0.05) is 25.7 Å². The van der Waals surface area contributed by atoms with E-state index in [0.717, 1.165) is 6.42 Å². The Balaban J connectivity index is 2.58. The molecule has 0 saturated heterocycles. The van der Waals surface area contributed by atoms with Crippen LogP contribution >= 0.6 is 0 Å². The lowest BCUT2D eigenvalue weighted by Crippen LogP contribution is -2.27. The molecule has 5 nitrogen and oxygen atoms in total. The van der Waals surface area contributed by atoms with Crippen molar-refractivity contribution in [2.75, 3.05) is 13.2 Å². The van der Waals surface area contributed by atoms with E-state index in [-0.39, 0.29) is 37.0 Å². The molecule has 1 aromatic rings. The lowest BCUT2D eigenvalue weighted by Gasteiger charge is -2.24. The quantitative estimate of drug-likeness (QED) is 0.492. The van der Waals surface area contributed by atoms with E-state index in [1.165, 1.54) is 19.4 Å². The maximum absolute atomic E-state index is 11.0. The summed E-state index contributed by atoms with van der Waals surface area (Å²) < 4.78 is 10.1. The van der Waals surface area contributed by atoms with Gasteiger partial charge in [-0.15, -0.1) is 6.58 Å². The number of aryl methyl sites for hydroxylation is 1. The molecular weight excluding hydrogens is 320 g/mol. The van der Waals surface area contributed by atoms with Crippen LogP contribution in [-0.4, -0.2) is 36.4 Å². The average molecular weight is 348 g/mol. The van der Waals surface area contributed by atoms with E-state index in [9.17, 15) is 14.7 Å². The summed E-state index contributed by atoms with van der Waals surface area (Å²) in [6.45, 7) is 6.78. The molecule has 1 rings (SSSR count). The number of rotatable bonds is 11. The summed E-state index contributed by atoms with van der Waals surface area (Å²) in [4.78, 5) is 22.1. The molecule has 0 amide bonds. The number of aliphatic hydroxyl groups is 1. The number of carbonyl (C=O) groups is 2. The van der Waals surface area contributed by atoms with Crippen molar-refractivity contribution in [3.05, 3.63) is 48.6 Å². The summed E-state index contributed by atoms with van der Waals surface area (Å²) in [5.41, 5.74) is 1.17. The van der Waals surface area contributed by atoms with Crippen LogP contribution in [0.2, 0.25) is 0 Å². The van der Waals surface area contributed by atoms with Gasteiger partial charge in [0.2, 0.25) is 0 Å². The van der Waals surface area contributed by atoms with Gasteiger partial charge in [-0.2, -0.15) is 0 Å². The molecule has 0 spiro atoms. The second-order valence-electron chi connectivity index (χ2n) is 6.20. The molecule has 1 N–H and O–H groups in total. The molecule has 138 valence electrons. The van der Waals surface area contributed by atoms with Crippen molar-refractivity contribution in [1.82, 2.24) is 0 Å². The van der Waals surface area contributed by atoms with E-state index >= 15 is 0 Å². The van der Waals surface area contributed by atoms with Crippen LogP contribution < -0.4 is 0 Å². The van der Waals surface area contributed by atoms with Gasteiger partial charge in [0.1, 0.15) is 0 Å². The van der Waals surface area contributed by atoms with E-state index in [1.807, 2.05) is 30.3 Å². The van der Waals surface area contributed by atoms with Crippen molar-refractivity contribution in [2.45, 2.75) is 39.2 Å². The molecule has 0 aliphatic carbocycles. The minimum atomic E-state index is -0.560. The number of carbonyl (C=O) groups excluding carboxylic acids is 2. The van der Waals surface area contributed by atoms with Crippen LogP contribution in [-0.2, 0) is 25.5 Å². The predicted molar refractivity (Wildman–Crippen MR) is 95.8 cm³/mol. The Hall–Kier alpha value is -2.14. The van der Waals surface area contributed by atoms with E-state index < -0.39 is 6.10 Å². The molecule has 0 aliphatic heterocycles. The lowest BCUT2D eigenvalue weighted by atomic mass is 9.88. The molecule has 0 unspecified atom stereocenters. The average Bonchev–Trinajstić information content (AvgIpc) is 2.59. The Morgan fingerprint density at radius 2 is 1.68 bits per heavy atom. The number of esters is 2. The van der Waals surface area contributed by atoms with Crippen LogP contribution in [0, 0.1) is 11.8 Å². The largest absolute Gasteiger partial charge is 0.465 e. The number of hydrogen-bond acceptors (Lipinski definition) is 5. The highest BCUT2D eigenvalue weighted by atomic mass is 16.5. The third-order valence-corrected chi connectivity index (χ3v) is 4.02. The maximum Gasteiger partial charge on any atom is 0.302 e. The van der Waals surface area contributed by atoms with Crippen LogP contribution in [0.5, 0.6) is 0 Å². The molecule has 2 atom stereocenters. The predicted octanol–water partition coefficient (Wildman–Crippen LogP) is 2.91. The zero-order chi connectivity index (χ0) is 18.7. The normalized spacial score (nSPS) is 13.1. The first-order valence-electron chi connectivity index (χ1n) is 8.53. The monoisotopic (exact) mass is 348 g/mol. The molecule has 0 aromatic heterocycles. The third kappa shape index (κ3) is 9.05. The Morgan fingerprint density at radius 1 is 1.12 bits per heavy atom. The van der Waals surface area contributed by atoms with Gasteiger partial charge in [-0.05, 0) is 24.8 Å². The second-order valence-corrected chi connectivity index (χ2v) is 6.20. The van der Waals surface area contributed by atoms with Crippen molar-refractivity contribution in [3.63, 3.8) is 0 Å². The summed E-state index contributed by atoms with van der Waals surface area (Å²) in [6.07, 6.45) is 3.05. The summed E-state index contributed by atoms with van der Waals surface area (Å²) in [5, 5.41) is 10.5. The molecule has 5 heteroatoms. The molecule has 1 aromatic carbocycles. The smallest absolute Gasteiger partial charge is 0.302 e. The van der Waals surface area contributed by atoms with Gasteiger partial charge in [-0.1, -0.05) is 36.4 Å². The Bertz CT molecular complexity index is 522. The summed E-state index contributed by atoms with van der Waals surface area (Å²) in [6, 6.07) is 9.96. The second kappa shape index (κ2) is 11.4. The Kier molecular flexibility index (Phi) is 9.55. The highest BCUT2D eigenvalue weighted by Gasteiger charge is 2.22. The maximum atomic E-state index is 11.0. The van der Waals surface area contributed by atoms with Crippen molar-refractivity contribution in [1.29, 1.82) is 0 Å². The molecular formula is C20H28O5. The van der Waals surface area contributed by atoms with E-state index in [2.05, 4.69) is 6.58 Å². The fourth-order valence-corrected chi connectivity index (χ4v) is 2.62. The van der Waals surface area contributed by atoms with E-state index in [0.29, 0.717) is 12.8 Å². The third-order valence-electron chi connectivity index (χ3n) is 4.02. The van der Waals surface area contributed by atoms with Crippen LogP contribution in [0.15, 0.2) is 43.0 Å². The summed E-state index contributed by atoms with van der Waals surface area (Å²) >= 11 is 0. The number of aliphatic hydroxyl groups excluding tert-OH is 1. The van der Waals surface area contributed by atoms with Gasteiger partial charge in [0.15, 0.2) is 0 Å². The standard InChI is InChI=1S/C20H28O5/c1-4-19(20(23)11-10-17-8-6-5-7-9-17)12-18(13-24-15(2)21)14-25-16(3)22/h4-9,18-20,23H,1,10-14H2,2-3H3/t19-,20-/m0/s1. The van der Waals surface area contributed by atoms with Crippen molar-refractivity contribution in [3.8, 4) is 0 Å². The molecule has 0 saturated carbocycles. The first kappa shape index (κ1) is 20.9. The highest BCUT2D eigenvalue weighted by Crippen LogP contribution is 2.22. The van der Waals surface area contributed by atoms with Gasteiger partial charge in [-0.25, -0.2) is 0 Å². The van der Waals surface area contributed by atoms with Crippen LogP contribution in [0.3, 0.4) is 0 Å². The van der Waals surface area contributed by atoms with Crippen LogP contribution in [0.1, 0.15) is 32.3 Å². The topological polar surface area (TPSA) is 72.8 Å². The fourth-order valence-electron chi connectivity index (χ4n) is 2.62. The zero-order valence-electron chi connectivity index (χ0n) is 15.0. The van der Waals surface area contributed by atoms with Gasteiger partial charge in [-0.3, -0.25) is 9.59 Å². The minimum absolute atomic E-state index is 0.151. The van der Waals surface area contributed by atoms with Crippen molar-refractivity contribution < 1.29 is 24.2 Å². The first-order chi connectivity index (χ1) is 11.9. The Morgan fingerprint density at radius 3 is 2.16 bits per heavy atom. The minimum Gasteiger partial charge on any atom is -0.465 e. The van der Waals surface area contributed by atoms with Gasteiger partial charge in [0.05, 0.1) is 19.3 Å². The van der Waals surface area contributed by atoms with Crippen molar-refractivity contribution >= 4 is 11.9 Å². The molecule has 0 aliphatic rings. The van der Waals surface area contributed by atoms with E-state index in [1.54, 1.807) is 6.08 Å². The SMILES string of the molecule is C=C[C@@H](CC(COC(C)=O)COC(C)=O)[C@@H](O)CCc1ccccc1. The highest BCUT2D eigenvalue weighted by molar-refractivity contribution is 5.66. The van der Waals surface area contributed by atoms with Crippen LogP contribution in [0.25, 0.3) is 0 Å². The molecule has 0 fully saturated rings. The first-order valence-corrected chi connectivity index (χ1v) is 8.53. The molecule has 0 bridgehead atoms. The van der Waals surface area contributed by atoms with E-state index in [4.69, 9.17) is 9.47 Å². The summed E-state index contributed by atoms with van der Waals surface area (Å²) in [5.74, 6) is -1.11. The molecule has 25 heavy (non-hydrogen) atoms. The van der Waals surface area contributed by atoms with Gasteiger partial charge < -0.3 is 14.6 Å². The number of benzene rings is 1. The number of ether oxygens (including phenoxy) is 2. The molecule has 0 heterocycles. The molecule has 0 radical (unpaired) electrons. The fraction of sp³-hybridized carbons (Fsp3) is 0.500. The summed E-state index contributed by atoms with van der Waals surface area (Å²) in [7, 11) is 0. The van der Waals surface area contributed by atoms with Gasteiger partial charge >= 0.3 is 11.9 Å². The van der Waals surface area contributed by atoms with Crippen molar-refractivity contribution in [2.24, 2.45) is 11.8 Å². The van der Waals surface area contributed by atoms with Crippen LogP contribution in [0.4, 0.5) is 0 Å². The number of hydrogen-bond donors (Lipinski definition) is 1. The zero-order valence-corrected chi connectivity index (χ0v) is 15.0. The Labute approximate surface area is 149 Å². The lowest BCUT2D eigenvalue weighted by molar-refractivity contribution is -0.146. The van der Waals surface area contributed by atoms with Gasteiger partial charge in [0.25, 0.3) is 0 Å².